The maximum atomic E-state index is 11.3. The van der Waals surface area contributed by atoms with Crippen molar-refractivity contribution in [2.24, 2.45) is 0 Å². The van der Waals surface area contributed by atoms with E-state index in [1.807, 2.05) is 24.3 Å². The summed E-state index contributed by atoms with van der Waals surface area (Å²) in [5, 5.41) is 9.22. The highest BCUT2D eigenvalue weighted by Gasteiger charge is 2.24. The van der Waals surface area contributed by atoms with Crippen molar-refractivity contribution in [2.45, 2.75) is 44.8 Å². The highest BCUT2D eigenvalue weighted by atomic mass is 16.5. The van der Waals surface area contributed by atoms with Crippen LogP contribution in [0, 0.1) is 0 Å². The lowest BCUT2D eigenvalue weighted by atomic mass is 9.89. The first kappa shape index (κ1) is 29.3. The summed E-state index contributed by atoms with van der Waals surface area (Å²) >= 11 is 0. The number of carboxylic acids is 1. The topological polar surface area (TPSA) is 65.0 Å². The molecule has 216 valence electrons. The third-order valence-electron chi connectivity index (χ3n) is 8.02. The number of rotatable bonds is 12. The normalized spacial score (nSPS) is 15.3. The molecule has 0 heterocycles. The fourth-order valence-electron chi connectivity index (χ4n) is 5.47. The molecule has 5 nitrogen and oxygen atoms in total. The summed E-state index contributed by atoms with van der Waals surface area (Å²) in [5.74, 6) is 0.0210. The molecule has 0 saturated carbocycles. The Morgan fingerprint density at radius 1 is 0.810 bits per heavy atom. The van der Waals surface area contributed by atoms with Gasteiger partial charge in [-0.25, -0.2) is 4.79 Å². The second-order valence-electron chi connectivity index (χ2n) is 10.7. The van der Waals surface area contributed by atoms with E-state index < -0.39 is 12.1 Å². The Hall–Kier alpha value is -4.19. The Bertz CT molecular complexity index is 1520. The van der Waals surface area contributed by atoms with Crippen LogP contribution in [-0.2, 0) is 27.1 Å². The lowest BCUT2D eigenvalue weighted by Gasteiger charge is -2.23. The average molecular weight is 563 g/mol. The van der Waals surface area contributed by atoms with E-state index in [1.165, 1.54) is 34.9 Å². The van der Waals surface area contributed by atoms with Crippen LogP contribution >= 0.6 is 0 Å². The lowest BCUT2D eigenvalue weighted by molar-refractivity contribution is -0.148. The summed E-state index contributed by atoms with van der Waals surface area (Å²) < 4.78 is 17.6. The molecular formula is C37H38O5. The van der Waals surface area contributed by atoms with Gasteiger partial charge >= 0.3 is 5.97 Å². The van der Waals surface area contributed by atoms with E-state index >= 15 is 0 Å². The first-order valence-electron chi connectivity index (χ1n) is 14.6. The Balaban J connectivity index is 1.31. The van der Waals surface area contributed by atoms with E-state index in [2.05, 4.69) is 92.7 Å². The molecule has 4 aromatic carbocycles. The van der Waals surface area contributed by atoms with E-state index in [-0.39, 0.29) is 12.0 Å². The third kappa shape index (κ3) is 6.81. The van der Waals surface area contributed by atoms with Crippen LogP contribution in [0.15, 0.2) is 91.0 Å². The van der Waals surface area contributed by atoms with Crippen molar-refractivity contribution in [3.8, 4) is 5.75 Å². The first-order chi connectivity index (χ1) is 20.5. The van der Waals surface area contributed by atoms with Crippen LogP contribution in [0.25, 0.3) is 12.2 Å². The number of benzene rings is 4. The molecule has 3 atom stereocenters. The van der Waals surface area contributed by atoms with Crippen molar-refractivity contribution in [3.05, 3.63) is 136 Å². The number of hydrogen-bond acceptors (Lipinski definition) is 4. The van der Waals surface area contributed by atoms with Crippen LogP contribution < -0.4 is 4.74 Å². The summed E-state index contributed by atoms with van der Waals surface area (Å²) in [6.45, 7) is 5.22. The molecule has 1 N–H and O–H groups in total. The molecule has 0 radical (unpaired) electrons. The predicted octanol–water partition coefficient (Wildman–Crippen LogP) is 7.71. The molecule has 1 aliphatic carbocycles. The average Bonchev–Trinajstić information content (AvgIpc) is 3.18. The number of ether oxygens (including phenoxy) is 3. The minimum atomic E-state index is -0.973. The Morgan fingerprint density at radius 2 is 1.48 bits per heavy atom. The van der Waals surface area contributed by atoms with Crippen molar-refractivity contribution >= 4 is 18.1 Å². The summed E-state index contributed by atoms with van der Waals surface area (Å²) in [7, 11) is 1.41. The zero-order valence-corrected chi connectivity index (χ0v) is 24.5. The zero-order valence-electron chi connectivity index (χ0n) is 24.5. The predicted molar refractivity (Wildman–Crippen MR) is 167 cm³/mol. The number of aliphatic carboxylic acids is 1. The van der Waals surface area contributed by atoms with Gasteiger partial charge in [-0.2, -0.15) is 0 Å². The third-order valence-corrected chi connectivity index (χ3v) is 8.02. The summed E-state index contributed by atoms with van der Waals surface area (Å²) in [6.07, 6.45) is 4.63. The number of hydrogen-bond donors (Lipinski definition) is 1. The van der Waals surface area contributed by atoms with Gasteiger partial charge in [0.25, 0.3) is 0 Å². The van der Waals surface area contributed by atoms with E-state index in [1.54, 1.807) is 0 Å². The zero-order chi connectivity index (χ0) is 29.5. The second-order valence-corrected chi connectivity index (χ2v) is 10.7. The van der Waals surface area contributed by atoms with Crippen molar-refractivity contribution < 1.29 is 24.1 Å². The number of aryl methyl sites for hydroxylation is 1. The van der Waals surface area contributed by atoms with Crippen LogP contribution in [0.1, 0.15) is 70.4 Å². The summed E-state index contributed by atoms with van der Waals surface area (Å²) in [6, 6.07) is 31.4. The van der Waals surface area contributed by atoms with Crippen LogP contribution in [0.5, 0.6) is 5.75 Å². The SMILES string of the molecule is CCc1ccc2c(c1)C=Cc1cc(C(C)c3ccccc3)ccc1C2OCCOc1ccc(CC(OC)C(=O)O)cc1. The Morgan fingerprint density at radius 3 is 2.14 bits per heavy atom. The number of carboxylic acid groups (broad SMARTS) is 1. The maximum absolute atomic E-state index is 11.3. The summed E-state index contributed by atoms with van der Waals surface area (Å²) in [4.78, 5) is 11.3. The van der Waals surface area contributed by atoms with Gasteiger partial charge in [0.1, 0.15) is 18.5 Å². The molecule has 0 amide bonds. The largest absolute Gasteiger partial charge is 0.491 e. The molecule has 0 aliphatic heterocycles. The van der Waals surface area contributed by atoms with Crippen molar-refractivity contribution in [3.63, 3.8) is 0 Å². The van der Waals surface area contributed by atoms with Crippen molar-refractivity contribution in [1.29, 1.82) is 0 Å². The molecule has 0 spiro atoms. The quantitative estimate of drug-likeness (QED) is 0.179. The fourth-order valence-corrected chi connectivity index (χ4v) is 5.47. The molecule has 5 heteroatoms. The molecule has 0 bridgehead atoms. The molecule has 42 heavy (non-hydrogen) atoms. The lowest BCUT2D eigenvalue weighted by Crippen LogP contribution is -2.24. The number of fused-ring (bicyclic) bond motifs is 2. The van der Waals surface area contributed by atoms with Gasteiger partial charge in [-0.1, -0.05) is 105 Å². The van der Waals surface area contributed by atoms with Gasteiger partial charge in [-0.05, 0) is 63.1 Å². The molecule has 0 fully saturated rings. The van der Waals surface area contributed by atoms with Gasteiger partial charge in [0.2, 0.25) is 0 Å². The Kier molecular flexibility index (Phi) is 9.52. The minimum absolute atomic E-state index is 0.218. The molecule has 3 unspecified atom stereocenters. The van der Waals surface area contributed by atoms with Crippen LogP contribution in [0.2, 0.25) is 0 Å². The van der Waals surface area contributed by atoms with Crippen LogP contribution in [0.4, 0.5) is 0 Å². The summed E-state index contributed by atoms with van der Waals surface area (Å²) in [5.41, 5.74) is 9.39. The van der Waals surface area contributed by atoms with Gasteiger partial charge in [0.05, 0.1) is 6.61 Å². The molecule has 0 saturated heterocycles. The molecule has 0 aromatic heterocycles. The number of methoxy groups -OCH3 is 1. The van der Waals surface area contributed by atoms with Crippen LogP contribution in [-0.4, -0.2) is 37.5 Å². The monoisotopic (exact) mass is 562 g/mol. The molecule has 5 rings (SSSR count). The van der Waals surface area contributed by atoms with Gasteiger partial charge in [-0.15, -0.1) is 0 Å². The van der Waals surface area contributed by atoms with Gasteiger partial charge in [-0.3, -0.25) is 0 Å². The molecule has 1 aliphatic rings. The first-order valence-corrected chi connectivity index (χ1v) is 14.6. The highest BCUT2D eigenvalue weighted by molar-refractivity contribution is 5.77. The Labute approximate surface area is 248 Å². The maximum Gasteiger partial charge on any atom is 0.333 e. The molecular weight excluding hydrogens is 524 g/mol. The van der Waals surface area contributed by atoms with Gasteiger partial charge in [0, 0.05) is 19.4 Å². The standard InChI is InChI=1S/C37H38O5/c1-4-26-12-18-33-30(22-26)13-14-31-24-29(25(2)28-8-6-5-7-9-28)15-19-34(31)36(33)42-21-20-41-32-16-10-27(11-17-32)23-35(40-3)37(38)39/h5-19,22,24-25,35-36H,4,20-21,23H2,1-3H3,(H,38,39). The van der Waals surface area contributed by atoms with E-state index in [9.17, 15) is 9.90 Å². The van der Waals surface area contributed by atoms with Gasteiger partial charge < -0.3 is 19.3 Å². The van der Waals surface area contributed by atoms with E-state index in [0.29, 0.717) is 25.4 Å². The second kappa shape index (κ2) is 13.6. The molecule has 4 aromatic rings. The highest BCUT2D eigenvalue weighted by Crippen LogP contribution is 2.38. The van der Waals surface area contributed by atoms with Crippen molar-refractivity contribution in [2.75, 3.05) is 20.3 Å². The smallest absolute Gasteiger partial charge is 0.333 e. The number of carbonyl (C=O) groups is 1. The van der Waals surface area contributed by atoms with E-state index in [0.717, 1.165) is 23.1 Å². The van der Waals surface area contributed by atoms with Crippen LogP contribution in [0.3, 0.4) is 0 Å². The minimum Gasteiger partial charge on any atom is -0.491 e. The van der Waals surface area contributed by atoms with E-state index in [4.69, 9.17) is 14.2 Å². The van der Waals surface area contributed by atoms with Gasteiger partial charge in [0.15, 0.2) is 6.10 Å². The fraction of sp³-hybridized carbons (Fsp3) is 0.270. The van der Waals surface area contributed by atoms with Crippen molar-refractivity contribution in [1.82, 2.24) is 0 Å².